The third-order valence-electron chi connectivity index (χ3n) is 4.57. The highest BCUT2D eigenvalue weighted by molar-refractivity contribution is 7.89. The number of rotatable bonds is 6. The summed E-state index contributed by atoms with van der Waals surface area (Å²) in [6.45, 7) is 0.276. The number of carbonyl (C=O) groups is 2. The number of hydrogen-bond acceptors (Lipinski definition) is 4. The summed E-state index contributed by atoms with van der Waals surface area (Å²) in [4.78, 5) is 23.1. The zero-order chi connectivity index (χ0) is 19.3. The summed E-state index contributed by atoms with van der Waals surface area (Å²) in [5.74, 6) is -1.08. The van der Waals surface area contributed by atoms with Crippen molar-refractivity contribution in [2.75, 3.05) is 14.1 Å². The van der Waals surface area contributed by atoms with Gasteiger partial charge in [-0.2, -0.15) is 0 Å². The molecular weight excluding hydrogens is 358 g/mol. The lowest BCUT2D eigenvalue weighted by molar-refractivity contribution is -0.142. The van der Waals surface area contributed by atoms with Gasteiger partial charge in [0.2, 0.25) is 10.0 Å². The molecule has 0 heterocycles. The fourth-order valence-corrected chi connectivity index (χ4v) is 3.80. The number of hydrogen-bond donors (Lipinski definition) is 3. The van der Waals surface area contributed by atoms with Gasteiger partial charge in [0, 0.05) is 26.7 Å². The van der Waals surface area contributed by atoms with Crippen molar-refractivity contribution in [3.8, 4) is 0 Å². The van der Waals surface area contributed by atoms with E-state index in [2.05, 4.69) is 10.6 Å². The Bertz CT molecular complexity index is 738. The van der Waals surface area contributed by atoms with Gasteiger partial charge in [-0.25, -0.2) is 17.5 Å². The van der Waals surface area contributed by atoms with Gasteiger partial charge in [-0.15, -0.1) is 0 Å². The van der Waals surface area contributed by atoms with Crippen molar-refractivity contribution >= 4 is 22.0 Å². The molecule has 3 N–H and O–H groups in total. The van der Waals surface area contributed by atoms with E-state index in [1.807, 2.05) is 0 Å². The highest BCUT2D eigenvalue weighted by Gasteiger charge is 2.26. The minimum atomic E-state index is -3.46. The van der Waals surface area contributed by atoms with Crippen molar-refractivity contribution in [2.24, 2.45) is 5.92 Å². The fourth-order valence-electron chi connectivity index (χ4n) is 2.89. The van der Waals surface area contributed by atoms with E-state index in [9.17, 15) is 18.0 Å². The van der Waals surface area contributed by atoms with Crippen molar-refractivity contribution in [3.63, 3.8) is 0 Å². The van der Waals surface area contributed by atoms with E-state index in [4.69, 9.17) is 5.11 Å². The van der Waals surface area contributed by atoms with E-state index in [0.717, 1.165) is 9.87 Å². The summed E-state index contributed by atoms with van der Waals surface area (Å²) >= 11 is 0. The molecule has 26 heavy (non-hydrogen) atoms. The van der Waals surface area contributed by atoms with Gasteiger partial charge in [0.15, 0.2) is 0 Å². The Hall–Kier alpha value is -2.13. The summed E-state index contributed by atoms with van der Waals surface area (Å²) in [5, 5.41) is 14.6. The number of benzene rings is 1. The average Bonchev–Trinajstić information content (AvgIpc) is 2.60. The largest absolute Gasteiger partial charge is 0.481 e. The molecular formula is C17H25N3O5S. The van der Waals surface area contributed by atoms with Crippen molar-refractivity contribution in [1.82, 2.24) is 14.9 Å². The first-order chi connectivity index (χ1) is 12.2. The van der Waals surface area contributed by atoms with Gasteiger partial charge in [-0.3, -0.25) is 4.79 Å². The summed E-state index contributed by atoms with van der Waals surface area (Å²) in [6.07, 6.45) is 2.45. The molecule has 2 amide bonds. The van der Waals surface area contributed by atoms with Crippen LogP contribution in [0.5, 0.6) is 0 Å². The molecule has 0 saturated heterocycles. The molecule has 0 radical (unpaired) electrons. The van der Waals surface area contributed by atoms with Crippen molar-refractivity contribution in [2.45, 2.75) is 43.2 Å². The maximum atomic E-state index is 12.0. The Labute approximate surface area is 153 Å². The summed E-state index contributed by atoms with van der Waals surface area (Å²) in [6, 6.07) is 6.02. The molecule has 2 rings (SSSR count). The first kappa shape index (κ1) is 20.2. The Morgan fingerprint density at radius 3 is 2.19 bits per heavy atom. The van der Waals surface area contributed by atoms with Gasteiger partial charge in [-0.1, -0.05) is 12.1 Å². The predicted octanol–water partition coefficient (Wildman–Crippen LogP) is 1.38. The van der Waals surface area contributed by atoms with Crippen LogP contribution in [0.4, 0.5) is 4.79 Å². The number of aliphatic carboxylic acids is 1. The lowest BCUT2D eigenvalue weighted by Gasteiger charge is -2.26. The van der Waals surface area contributed by atoms with Crippen LogP contribution in [-0.4, -0.2) is 50.0 Å². The molecule has 1 aromatic carbocycles. The molecule has 0 aromatic heterocycles. The molecule has 1 aromatic rings. The number of nitrogens with one attached hydrogen (secondary N) is 2. The van der Waals surface area contributed by atoms with E-state index in [0.29, 0.717) is 25.7 Å². The molecule has 0 spiro atoms. The Kier molecular flexibility index (Phi) is 6.60. The smallest absolute Gasteiger partial charge is 0.315 e. The molecule has 1 fully saturated rings. The van der Waals surface area contributed by atoms with Crippen LogP contribution in [0.2, 0.25) is 0 Å². The first-order valence-electron chi connectivity index (χ1n) is 8.49. The van der Waals surface area contributed by atoms with Crippen LogP contribution in [0.15, 0.2) is 29.2 Å². The number of carboxylic acids is 1. The zero-order valence-corrected chi connectivity index (χ0v) is 15.8. The number of carboxylic acid groups (broad SMARTS) is 1. The minimum Gasteiger partial charge on any atom is -0.481 e. The van der Waals surface area contributed by atoms with Gasteiger partial charge in [-0.05, 0) is 43.4 Å². The Balaban J connectivity index is 1.80. The Morgan fingerprint density at radius 2 is 1.69 bits per heavy atom. The van der Waals surface area contributed by atoms with Gasteiger partial charge in [0.25, 0.3) is 0 Å². The third-order valence-corrected chi connectivity index (χ3v) is 6.40. The summed E-state index contributed by atoms with van der Waals surface area (Å²) in [7, 11) is -0.520. The highest BCUT2D eigenvalue weighted by Crippen LogP contribution is 2.24. The van der Waals surface area contributed by atoms with E-state index in [1.54, 1.807) is 12.1 Å². The van der Waals surface area contributed by atoms with E-state index < -0.39 is 16.0 Å². The van der Waals surface area contributed by atoms with Crippen molar-refractivity contribution < 1.29 is 23.1 Å². The van der Waals surface area contributed by atoms with Crippen LogP contribution in [0.3, 0.4) is 0 Å². The predicted molar refractivity (Wildman–Crippen MR) is 96.1 cm³/mol. The van der Waals surface area contributed by atoms with Crippen LogP contribution < -0.4 is 10.6 Å². The van der Waals surface area contributed by atoms with Crippen LogP contribution in [0.25, 0.3) is 0 Å². The van der Waals surface area contributed by atoms with Crippen molar-refractivity contribution in [3.05, 3.63) is 29.8 Å². The van der Waals surface area contributed by atoms with Crippen LogP contribution in [0.1, 0.15) is 31.2 Å². The SMILES string of the molecule is CN(C)S(=O)(=O)c1ccc(CNC(=O)NC2CCC(C(=O)O)CC2)cc1. The lowest BCUT2D eigenvalue weighted by Crippen LogP contribution is -2.43. The second-order valence-electron chi connectivity index (χ2n) is 6.65. The molecule has 0 atom stereocenters. The topological polar surface area (TPSA) is 116 Å². The molecule has 8 nitrogen and oxygen atoms in total. The number of nitrogens with zero attached hydrogens (tertiary/aromatic N) is 1. The fraction of sp³-hybridized carbons (Fsp3) is 0.529. The first-order valence-corrected chi connectivity index (χ1v) is 9.93. The van der Waals surface area contributed by atoms with Crippen LogP contribution in [-0.2, 0) is 21.4 Å². The molecule has 0 aliphatic heterocycles. The number of urea groups is 1. The maximum Gasteiger partial charge on any atom is 0.315 e. The number of amides is 2. The van der Waals surface area contributed by atoms with Crippen LogP contribution >= 0.6 is 0 Å². The summed E-state index contributed by atoms with van der Waals surface area (Å²) < 4.78 is 25.2. The average molecular weight is 383 g/mol. The third kappa shape index (κ3) is 5.18. The second kappa shape index (κ2) is 8.50. The van der Waals surface area contributed by atoms with E-state index in [-0.39, 0.29) is 29.4 Å². The Morgan fingerprint density at radius 1 is 1.12 bits per heavy atom. The summed E-state index contributed by atoms with van der Waals surface area (Å²) in [5.41, 5.74) is 0.785. The maximum absolute atomic E-state index is 12.0. The standard InChI is InChI=1S/C17H25N3O5S/c1-20(2)26(24,25)15-9-3-12(4-10-15)11-18-17(23)19-14-7-5-13(6-8-14)16(21)22/h3-4,9-10,13-14H,5-8,11H2,1-2H3,(H,21,22)(H2,18,19,23). The molecule has 9 heteroatoms. The number of carbonyl (C=O) groups excluding carboxylic acids is 1. The molecule has 1 aliphatic rings. The van der Waals surface area contributed by atoms with Crippen LogP contribution in [0, 0.1) is 5.92 Å². The second-order valence-corrected chi connectivity index (χ2v) is 8.80. The van der Waals surface area contributed by atoms with E-state index in [1.165, 1.54) is 26.2 Å². The molecule has 1 saturated carbocycles. The quantitative estimate of drug-likeness (QED) is 0.686. The van der Waals surface area contributed by atoms with Gasteiger partial charge < -0.3 is 15.7 Å². The monoisotopic (exact) mass is 383 g/mol. The molecule has 1 aliphatic carbocycles. The van der Waals surface area contributed by atoms with Gasteiger partial charge >= 0.3 is 12.0 Å². The van der Waals surface area contributed by atoms with Gasteiger partial charge in [0.1, 0.15) is 0 Å². The molecule has 144 valence electrons. The number of sulfonamides is 1. The normalized spacial score (nSPS) is 20.6. The lowest BCUT2D eigenvalue weighted by atomic mass is 9.86. The highest BCUT2D eigenvalue weighted by atomic mass is 32.2. The van der Waals surface area contributed by atoms with Gasteiger partial charge in [0.05, 0.1) is 10.8 Å². The molecule has 0 bridgehead atoms. The zero-order valence-electron chi connectivity index (χ0n) is 14.9. The van der Waals surface area contributed by atoms with E-state index >= 15 is 0 Å². The minimum absolute atomic E-state index is 0.0155. The molecule has 0 unspecified atom stereocenters. The van der Waals surface area contributed by atoms with Crippen molar-refractivity contribution in [1.29, 1.82) is 0 Å².